The first kappa shape index (κ1) is 27.7. The van der Waals surface area contributed by atoms with Gasteiger partial charge in [-0.3, -0.25) is 4.79 Å². The van der Waals surface area contributed by atoms with Gasteiger partial charge in [0.15, 0.2) is 0 Å². The number of rotatable bonds is 5. The Labute approximate surface area is 215 Å². The number of hydrogen-bond donors (Lipinski definition) is 1. The summed E-state index contributed by atoms with van der Waals surface area (Å²) in [6, 6.07) is 10.5. The van der Waals surface area contributed by atoms with Gasteiger partial charge in [-0.25, -0.2) is 0 Å². The van der Waals surface area contributed by atoms with Crippen LogP contribution in [0.25, 0.3) is 0 Å². The third kappa shape index (κ3) is 6.59. The van der Waals surface area contributed by atoms with Gasteiger partial charge in [0.25, 0.3) is 0 Å². The van der Waals surface area contributed by atoms with E-state index in [-0.39, 0.29) is 30.0 Å². The van der Waals surface area contributed by atoms with Crippen LogP contribution < -0.4 is 5.32 Å². The van der Waals surface area contributed by atoms with Crippen LogP contribution in [0.15, 0.2) is 48.5 Å². The van der Waals surface area contributed by atoms with E-state index in [2.05, 4.69) is 5.32 Å². The number of hydrogen-bond acceptors (Lipinski definition) is 3. The van der Waals surface area contributed by atoms with Crippen molar-refractivity contribution < 1.29 is 35.9 Å². The second kappa shape index (κ2) is 11.2. The average molecular weight is 549 g/mol. The van der Waals surface area contributed by atoms with Crippen LogP contribution in [0.1, 0.15) is 47.4 Å². The monoisotopic (exact) mass is 548 g/mol. The minimum Gasteiger partial charge on any atom is -0.373 e. The molecule has 0 spiro atoms. The Morgan fingerprint density at radius 3 is 2.11 bits per heavy atom. The first-order valence-corrected chi connectivity index (χ1v) is 12.5. The largest absolute Gasteiger partial charge is 0.416 e. The zero-order valence-corrected chi connectivity index (χ0v) is 20.5. The molecule has 3 unspecified atom stereocenters. The number of ether oxygens (including phenoxy) is 1. The molecule has 0 aliphatic carbocycles. The van der Waals surface area contributed by atoms with Crippen LogP contribution in [-0.2, 0) is 28.5 Å². The second-order valence-corrected chi connectivity index (χ2v) is 9.86. The second-order valence-electron chi connectivity index (χ2n) is 9.42. The highest BCUT2D eigenvalue weighted by Gasteiger charge is 2.43. The predicted molar refractivity (Wildman–Crippen MR) is 126 cm³/mol. The highest BCUT2D eigenvalue weighted by atomic mass is 35.5. The van der Waals surface area contributed by atoms with E-state index in [1.165, 1.54) is 0 Å². The molecule has 2 heterocycles. The molecule has 2 aromatic rings. The SMILES string of the molecule is O=C(C1CCNCC1)N1CCC(OCc2cc(C(F)(F)F)cc(C(F)(F)F)c2)C(c2ccccc2)C1Cl. The number of alkyl halides is 7. The summed E-state index contributed by atoms with van der Waals surface area (Å²) in [6.45, 7) is 1.29. The summed E-state index contributed by atoms with van der Waals surface area (Å²) in [4.78, 5) is 14.9. The summed E-state index contributed by atoms with van der Waals surface area (Å²) in [7, 11) is 0. The molecule has 1 N–H and O–H groups in total. The van der Waals surface area contributed by atoms with Crippen LogP contribution in [0.2, 0.25) is 0 Å². The number of amides is 1. The lowest BCUT2D eigenvalue weighted by Gasteiger charge is -2.44. The Hall–Kier alpha value is -2.30. The summed E-state index contributed by atoms with van der Waals surface area (Å²) >= 11 is 6.86. The number of carbonyl (C=O) groups excluding carboxylic acids is 1. The molecule has 2 aliphatic rings. The first-order valence-electron chi connectivity index (χ1n) is 12.1. The summed E-state index contributed by atoms with van der Waals surface area (Å²) in [5.41, 5.74) is -3.03. The molecule has 4 rings (SSSR count). The fourth-order valence-corrected chi connectivity index (χ4v) is 5.52. The summed E-state index contributed by atoms with van der Waals surface area (Å²) in [5, 5.41) is 3.22. The van der Waals surface area contributed by atoms with Crippen molar-refractivity contribution in [2.24, 2.45) is 5.92 Å². The number of likely N-dealkylation sites (tertiary alicyclic amines) is 1. The molecule has 1 amide bonds. The highest BCUT2D eigenvalue weighted by molar-refractivity contribution is 6.22. The maximum Gasteiger partial charge on any atom is 0.416 e. The van der Waals surface area contributed by atoms with Gasteiger partial charge in [0, 0.05) is 18.4 Å². The van der Waals surface area contributed by atoms with E-state index in [4.69, 9.17) is 16.3 Å². The van der Waals surface area contributed by atoms with E-state index in [1.54, 1.807) is 17.0 Å². The maximum absolute atomic E-state index is 13.3. The molecule has 2 aromatic carbocycles. The first-order chi connectivity index (χ1) is 17.4. The predicted octanol–water partition coefficient (Wildman–Crippen LogP) is 6.19. The van der Waals surface area contributed by atoms with Crippen LogP contribution in [0.4, 0.5) is 26.3 Å². The smallest absolute Gasteiger partial charge is 0.373 e. The van der Waals surface area contributed by atoms with E-state index in [0.717, 1.165) is 18.7 Å². The molecule has 0 saturated carbocycles. The van der Waals surface area contributed by atoms with Crippen molar-refractivity contribution >= 4 is 17.5 Å². The lowest BCUT2D eigenvalue weighted by Crippen LogP contribution is -2.53. The Balaban J connectivity index is 1.57. The molecule has 0 bridgehead atoms. The molecule has 0 radical (unpaired) electrons. The summed E-state index contributed by atoms with van der Waals surface area (Å²) in [6.07, 6.45) is -8.76. The van der Waals surface area contributed by atoms with Crippen molar-refractivity contribution in [1.82, 2.24) is 10.2 Å². The van der Waals surface area contributed by atoms with Crippen LogP contribution in [0, 0.1) is 5.92 Å². The quantitative estimate of drug-likeness (QED) is 0.275. The third-order valence-electron chi connectivity index (χ3n) is 6.92. The van der Waals surface area contributed by atoms with Gasteiger partial charge in [-0.15, -0.1) is 0 Å². The maximum atomic E-state index is 13.3. The molecular weight excluding hydrogens is 522 g/mol. The molecule has 0 aromatic heterocycles. The van der Waals surface area contributed by atoms with Crippen molar-refractivity contribution in [2.75, 3.05) is 19.6 Å². The van der Waals surface area contributed by atoms with Crippen LogP contribution in [-0.4, -0.2) is 42.0 Å². The Morgan fingerprint density at radius 2 is 1.54 bits per heavy atom. The van der Waals surface area contributed by atoms with Gasteiger partial charge in [-0.1, -0.05) is 41.9 Å². The molecule has 202 valence electrons. The minimum absolute atomic E-state index is 0.0476. The van der Waals surface area contributed by atoms with Crippen LogP contribution in [0.3, 0.4) is 0 Å². The highest BCUT2D eigenvalue weighted by Crippen LogP contribution is 2.40. The number of halogens is 7. The van der Waals surface area contributed by atoms with Crippen LogP contribution >= 0.6 is 11.6 Å². The lowest BCUT2D eigenvalue weighted by molar-refractivity contribution is -0.143. The molecular formula is C26H27ClF6N2O2. The Morgan fingerprint density at radius 1 is 0.946 bits per heavy atom. The van der Waals surface area contributed by atoms with Crippen molar-refractivity contribution in [1.29, 1.82) is 0 Å². The average Bonchev–Trinajstić information content (AvgIpc) is 2.87. The van der Waals surface area contributed by atoms with Crippen molar-refractivity contribution in [3.8, 4) is 0 Å². The number of carbonyl (C=O) groups is 1. The van der Waals surface area contributed by atoms with Crippen molar-refractivity contribution in [2.45, 2.75) is 55.7 Å². The fourth-order valence-electron chi connectivity index (χ4n) is 5.02. The summed E-state index contributed by atoms with van der Waals surface area (Å²) < 4.78 is 85.6. The Kier molecular flexibility index (Phi) is 8.40. The van der Waals surface area contributed by atoms with Gasteiger partial charge >= 0.3 is 12.4 Å². The molecule has 3 atom stereocenters. The van der Waals surface area contributed by atoms with E-state index in [1.807, 2.05) is 18.2 Å². The van der Waals surface area contributed by atoms with Gasteiger partial charge < -0.3 is 15.0 Å². The zero-order chi connectivity index (χ0) is 26.8. The van der Waals surface area contributed by atoms with Crippen LogP contribution in [0.5, 0.6) is 0 Å². The van der Waals surface area contributed by atoms with E-state index in [9.17, 15) is 31.1 Å². The van der Waals surface area contributed by atoms with Gasteiger partial charge in [-0.2, -0.15) is 26.3 Å². The standard InChI is InChI=1S/C26H27ClF6N2O2/c27-23-22(17-4-2-1-3-5-17)21(8-11-35(23)24(36)18-6-9-34-10-7-18)37-15-16-12-19(25(28,29)30)14-20(13-16)26(31,32)33/h1-5,12-14,18,21-23,34H,6-11,15H2. The third-order valence-corrected chi connectivity index (χ3v) is 7.42. The summed E-state index contributed by atoms with van der Waals surface area (Å²) in [5.74, 6) is -0.717. The number of nitrogens with zero attached hydrogens (tertiary/aromatic N) is 1. The van der Waals surface area contributed by atoms with Crippen molar-refractivity contribution in [3.05, 3.63) is 70.8 Å². The van der Waals surface area contributed by atoms with Gasteiger partial charge in [0.2, 0.25) is 5.91 Å². The lowest BCUT2D eigenvalue weighted by atomic mass is 9.86. The fraction of sp³-hybridized carbons (Fsp3) is 0.500. The molecule has 4 nitrogen and oxygen atoms in total. The minimum atomic E-state index is -4.94. The topological polar surface area (TPSA) is 41.6 Å². The normalized spacial score (nSPS) is 23.8. The number of nitrogens with one attached hydrogen (secondary N) is 1. The molecule has 2 aliphatic heterocycles. The number of piperidine rings is 2. The van der Waals surface area contributed by atoms with E-state index >= 15 is 0 Å². The van der Waals surface area contributed by atoms with E-state index in [0.29, 0.717) is 31.4 Å². The van der Waals surface area contributed by atoms with Gasteiger partial charge in [0.1, 0.15) is 5.50 Å². The molecule has 2 saturated heterocycles. The molecule has 11 heteroatoms. The van der Waals surface area contributed by atoms with Crippen molar-refractivity contribution in [3.63, 3.8) is 0 Å². The van der Waals surface area contributed by atoms with E-state index < -0.39 is 47.6 Å². The molecule has 2 fully saturated rings. The van der Waals surface area contributed by atoms with Gasteiger partial charge in [0.05, 0.1) is 23.8 Å². The number of benzene rings is 2. The Bertz CT molecular complexity index is 1040. The van der Waals surface area contributed by atoms with Gasteiger partial charge in [-0.05, 0) is 61.7 Å². The molecule has 37 heavy (non-hydrogen) atoms. The zero-order valence-electron chi connectivity index (χ0n) is 19.8.